The number of ether oxygens (including phenoxy) is 1. The van der Waals surface area contributed by atoms with E-state index in [1.165, 1.54) is 32.2 Å². The summed E-state index contributed by atoms with van der Waals surface area (Å²) in [5, 5.41) is 13.6. The maximum absolute atomic E-state index is 12.2. The van der Waals surface area contributed by atoms with E-state index >= 15 is 0 Å². The van der Waals surface area contributed by atoms with Gasteiger partial charge in [-0.3, -0.25) is 19.7 Å². The smallest absolute Gasteiger partial charge is 0.339 e. The first-order valence-electron chi connectivity index (χ1n) is 8.70. The summed E-state index contributed by atoms with van der Waals surface area (Å²) in [6.45, 7) is 2.54. The van der Waals surface area contributed by atoms with E-state index in [0.29, 0.717) is 5.69 Å². The van der Waals surface area contributed by atoms with Gasteiger partial charge in [0.15, 0.2) is 6.61 Å². The van der Waals surface area contributed by atoms with Crippen molar-refractivity contribution in [3.05, 3.63) is 69.3 Å². The molecular formula is C20H21N3O6. The van der Waals surface area contributed by atoms with Crippen molar-refractivity contribution in [1.82, 2.24) is 4.90 Å². The fraction of sp³-hybridized carbons (Fsp3) is 0.250. The number of aryl methyl sites for hydroxylation is 1. The number of nitro benzene ring substituents is 1. The van der Waals surface area contributed by atoms with E-state index in [1.54, 1.807) is 12.1 Å². The van der Waals surface area contributed by atoms with E-state index in [9.17, 15) is 24.5 Å². The van der Waals surface area contributed by atoms with E-state index < -0.39 is 29.3 Å². The van der Waals surface area contributed by atoms with E-state index in [0.717, 1.165) is 10.5 Å². The summed E-state index contributed by atoms with van der Waals surface area (Å²) in [5.41, 5.74) is 1.60. The number of carbonyl (C=O) groups excluding carboxylic acids is 3. The standard InChI is InChI=1S/C20H21N3O6/c1-13-7-9-15(10-8-13)21-18(24)11-22(3)19(25)12-29-20(26)16-5-4-6-17(14(16)2)23(27)28/h4-10H,11-12H2,1-3H3,(H,21,24). The highest BCUT2D eigenvalue weighted by Crippen LogP contribution is 2.21. The average molecular weight is 399 g/mol. The van der Waals surface area contributed by atoms with Gasteiger partial charge in [0.25, 0.3) is 11.6 Å². The lowest BCUT2D eigenvalue weighted by Crippen LogP contribution is -2.37. The summed E-state index contributed by atoms with van der Waals surface area (Å²) in [4.78, 5) is 47.8. The van der Waals surface area contributed by atoms with E-state index in [1.807, 2.05) is 19.1 Å². The molecule has 1 N–H and O–H groups in total. The summed E-state index contributed by atoms with van der Waals surface area (Å²) in [6.07, 6.45) is 0. The lowest BCUT2D eigenvalue weighted by atomic mass is 10.1. The van der Waals surface area contributed by atoms with Crippen LogP contribution in [0.3, 0.4) is 0 Å². The zero-order valence-electron chi connectivity index (χ0n) is 16.3. The molecule has 0 radical (unpaired) electrons. The molecule has 9 nitrogen and oxygen atoms in total. The van der Waals surface area contributed by atoms with Gasteiger partial charge in [0.2, 0.25) is 5.91 Å². The molecule has 0 fully saturated rings. The third-order valence-electron chi connectivity index (χ3n) is 4.19. The van der Waals surface area contributed by atoms with Crippen LogP contribution >= 0.6 is 0 Å². The Bertz CT molecular complexity index is 940. The van der Waals surface area contributed by atoms with E-state index in [4.69, 9.17) is 4.74 Å². The van der Waals surface area contributed by atoms with Gasteiger partial charge in [-0.15, -0.1) is 0 Å². The number of anilines is 1. The second-order valence-electron chi connectivity index (χ2n) is 6.45. The Kier molecular flexibility index (Phi) is 7.02. The van der Waals surface area contributed by atoms with Gasteiger partial charge in [-0.25, -0.2) is 4.79 Å². The summed E-state index contributed by atoms with van der Waals surface area (Å²) in [6, 6.07) is 11.2. The monoisotopic (exact) mass is 399 g/mol. The number of likely N-dealkylation sites (N-methyl/N-ethyl adjacent to an activating group) is 1. The second kappa shape index (κ2) is 9.45. The molecule has 0 spiro atoms. The minimum Gasteiger partial charge on any atom is -0.452 e. The van der Waals surface area contributed by atoms with Crippen molar-refractivity contribution in [2.75, 3.05) is 25.5 Å². The highest BCUT2D eigenvalue weighted by atomic mass is 16.6. The minimum absolute atomic E-state index is 0.00627. The molecule has 29 heavy (non-hydrogen) atoms. The summed E-state index contributed by atoms with van der Waals surface area (Å²) >= 11 is 0. The first kappa shape index (κ1) is 21.5. The van der Waals surface area contributed by atoms with Crippen molar-refractivity contribution in [2.24, 2.45) is 0 Å². The number of benzene rings is 2. The van der Waals surface area contributed by atoms with Gasteiger partial charge in [0.05, 0.1) is 17.0 Å². The third-order valence-corrected chi connectivity index (χ3v) is 4.19. The Labute approximate surface area is 167 Å². The molecule has 0 aliphatic rings. The molecule has 0 aliphatic carbocycles. The number of hydrogen-bond donors (Lipinski definition) is 1. The van der Waals surface area contributed by atoms with Crippen molar-refractivity contribution in [1.29, 1.82) is 0 Å². The highest BCUT2D eigenvalue weighted by Gasteiger charge is 2.21. The number of carbonyl (C=O) groups is 3. The molecule has 2 rings (SSSR count). The van der Waals surface area contributed by atoms with Gasteiger partial charge < -0.3 is 15.0 Å². The van der Waals surface area contributed by atoms with Gasteiger partial charge in [0.1, 0.15) is 0 Å². The Morgan fingerprint density at radius 3 is 2.38 bits per heavy atom. The van der Waals surface area contributed by atoms with Crippen LogP contribution in [0, 0.1) is 24.0 Å². The van der Waals surface area contributed by atoms with Gasteiger partial charge >= 0.3 is 5.97 Å². The zero-order chi connectivity index (χ0) is 21.6. The molecule has 2 amide bonds. The van der Waals surface area contributed by atoms with Gasteiger partial charge in [-0.05, 0) is 32.0 Å². The maximum atomic E-state index is 12.2. The number of esters is 1. The number of nitro groups is 1. The molecule has 2 aromatic rings. The molecule has 152 valence electrons. The Morgan fingerprint density at radius 1 is 1.10 bits per heavy atom. The molecule has 0 heterocycles. The SMILES string of the molecule is Cc1ccc(NC(=O)CN(C)C(=O)COC(=O)c2cccc([N+](=O)[O-])c2C)cc1. The van der Waals surface area contributed by atoms with Crippen LogP contribution in [0.5, 0.6) is 0 Å². The average Bonchev–Trinajstić information content (AvgIpc) is 2.67. The fourth-order valence-electron chi connectivity index (χ4n) is 2.50. The Hall–Kier alpha value is -3.75. The molecule has 0 saturated heterocycles. The summed E-state index contributed by atoms with van der Waals surface area (Å²) < 4.78 is 4.96. The van der Waals surface area contributed by atoms with Crippen molar-refractivity contribution in [2.45, 2.75) is 13.8 Å². The van der Waals surface area contributed by atoms with Gasteiger partial charge in [0, 0.05) is 24.4 Å². The number of amides is 2. The number of rotatable bonds is 7. The number of hydrogen-bond acceptors (Lipinski definition) is 6. The van der Waals surface area contributed by atoms with Crippen LogP contribution in [0.15, 0.2) is 42.5 Å². The minimum atomic E-state index is -0.850. The Morgan fingerprint density at radius 2 is 1.76 bits per heavy atom. The predicted octanol–water partition coefficient (Wildman–Crippen LogP) is 2.47. The first-order valence-corrected chi connectivity index (χ1v) is 8.70. The Balaban J connectivity index is 1.89. The molecule has 0 aromatic heterocycles. The molecule has 0 aliphatic heterocycles. The highest BCUT2D eigenvalue weighted by molar-refractivity contribution is 5.96. The third kappa shape index (κ3) is 5.86. The van der Waals surface area contributed by atoms with Crippen LogP contribution in [-0.2, 0) is 14.3 Å². The number of nitrogens with zero attached hydrogens (tertiary/aromatic N) is 2. The second-order valence-corrected chi connectivity index (χ2v) is 6.45. The lowest BCUT2D eigenvalue weighted by molar-refractivity contribution is -0.385. The van der Waals surface area contributed by atoms with Crippen molar-refractivity contribution < 1.29 is 24.0 Å². The molecular weight excluding hydrogens is 378 g/mol. The topological polar surface area (TPSA) is 119 Å². The normalized spacial score (nSPS) is 10.2. The van der Waals surface area contributed by atoms with Crippen molar-refractivity contribution in [3.8, 4) is 0 Å². The summed E-state index contributed by atoms with van der Waals surface area (Å²) in [7, 11) is 1.41. The lowest BCUT2D eigenvalue weighted by Gasteiger charge is -2.17. The van der Waals surface area contributed by atoms with Crippen LogP contribution in [0.25, 0.3) is 0 Å². The first-order chi connectivity index (χ1) is 13.7. The van der Waals surface area contributed by atoms with Crippen LogP contribution in [-0.4, -0.2) is 47.8 Å². The largest absolute Gasteiger partial charge is 0.452 e. The van der Waals surface area contributed by atoms with E-state index in [2.05, 4.69) is 5.32 Å². The zero-order valence-corrected chi connectivity index (χ0v) is 16.3. The molecule has 0 saturated carbocycles. The van der Waals surface area contributed by atoms with E-state index in [-0.39, 0.29) is 23.4 Å². The molecule has 9 heteroatoms. The predicted molar refractivity (Wildman–Crippen MR) is 106 cm³/mol. The van der Waals surface area contributed by atoms with Crippen molar-refractivity contribution in [3.63, 3.8) is 0 Å². The molecule has 0 atom stereocenters. The van der Waals surface area contributed by atoms with Crippen LogP contribution in [0.4, 0.5) is 11.4 Å². The molecule has 0 bridgehead atoms. The van der Waals surface area contributed by atoms with Crippen LogP contribution in [0.2, 0.25) is 0 Å². The number of nitrogens with one attached hydrogen (secondary N) is 1. The van der Waals surface area contributed by atoms with Crippen molar-refractivity contribution >= 4 is 29.2 Å². The summed E-state index contributed by atoms with van der Waals surface area (Å²) in [5.74, 6) is -1.83. The quantitative estimate of drug-likeness (QED) is 0.434. The van der Waals surface area contributed by atoms with Crippen LogP contribution < -0.4 is 5.32 Å². The maximum Gasteiger partial charge on any atom is 0.339 e. The fourth-order valence-corrected chi connectivity index (χ4v) is 2.50. The molecule has 0 unspecified atom stereocenters. The van der Waals surface area contributed by atoms with Crippen LogP contribution in [0.1, 0.15) is 21.5 Å². The molecule has 2 aromatic carbocycles. The van der Waals surface area contributed by atoms with Gasteiger partial charge in [-0.2, -0.15) is 0 Å². The van der Waals surface area contributed by atoms with Gasteiger partial charge in [-0.1, -0.05) is 23.8 Å².